The lowest BCUT2D eigenvalue weighted by Crippen LogP contribution is -2.39. The summed E-state index contributed by atoms with van der Waals surface area (Å²) in [6.07, 6.45) is 4.01. The zero-order valence-electron chi connectivity index (χ0n) is 19.0. The quantitative estimate of drug-likeness (QED) is 0.455. The van der Waals surface area contributed by atoms with E-state index < -0.39 is 0 Å². The van der Waals surface area contributed by atoms with Crippen LogP contribution in [0.5, 0.6) is 11.5 Å². The number of hydrogen-bond acceptors (Lipinski definition) is 4. The average molecular weight is 490 g/mol. The van der Waals surface area contributed by atoms with E-state index in [1.807, 2.05) is 22.8 Å². The second kappa shape index (κ2) is 9.24. The van der Waals surface area contributed by atoms with E-state index in [-0.39, 0.29) is 11.7 Å². The van der Waals surface area contributed by atoms with E-state index >= 15 is 0 Å². The number of piperidine rings is 1. The van der Waals surface area contributed by atoms with Gasteiger partial charge in [0.25, 0.3) is 0 Å². The van der Waals surface area contributed by atoms with Crippen molar-refractivity contribution in [3.8, 4) is 11.5 Å². The molecule has 0 saturated carbocycles. The fourth-order valence-corrected chi connectivity index (χ4v) is 5.99. The van der Waals surface area contributed by atoms with Gasteiger partial charge in [-0.3, -0.25) is 14.0 Å². The highest BCUT2D eigenvalue weighted by atomic mass is 35.5. The molecule has 1 unspecified atom stereocenters. The Morgan fingerprint density at radius 2 is 1.73 bits per heavy atom. The molecule has 0 radical (unpaired) electrons. The van der Waals surface area contributed by atoms with Crippen LogP contribution in [0.25, 0.3) is 11.0 Å². The van der Waals surface area contributed by atoms with Crippen LogP contribution in [0.4, 0.5) is 0 Å². The number of aryl methyl sites for hydroxylation is 2. The van der Waals surface area contributed by atoms with Crippen molar-refractivity contribution in [2.24, 2.45) is 0 Å². The summed E-state index contributed by atoms with van der Waals surface area (Å²) in [5.41, 5.74) is 4.50. The van der Waals surface area contributed by atoms with Crippen LogP contribution < -0.4 is 15.2 Å². The third-order valence-corrected chi connectivity index (χ3v) is 7.63. The minimum absolute atomic E-state index is 0.00871. The second-order valence-electron chi connectivity index (χ2n) is 8.85. The summed E-state index contributed by atoms with van der Waals surface area (Å²) in [6, 6.07) is 10.5. The fraction of sp³-hybridized carbons (Fsp3) is 0.480. The SMILES string of the molecule is COc1cc2c(cc1OC)C(N1CCC(n3c(=O)n(CCCl)c4cc(Cl)ccc43)CC1)CC2. The van der Waals surface area contributed by atoms with Gasteiger partial charge in [-0.2, -0.15) is 0 Å². The first kappa shape index (κ1) is 22.6. The minimum Gasteiger partial charge on any atom is -0.493 e. The van der Waals surface area contributed by atoms with Crippen molar-refractivity contribution in [1.82, 2.24) is 14.0 Å². The summed E-state index contributed by atoms with van der Waals surface area (Å²) in [4.78, 5) is 15.9. The number of ether oxygens (including phenoxy) is 2. The maximum Gasteiger partial charge on any atom is 0.329 e. The maximum absolute atomic E-state index is 13.3. The molecule has 0 bridgehead atoms. The van der Waals surface area contributed by atoms with Gasteiger partial charge in [-0.15, -0.1) is 11.6 Å². The van der Waals surface area contributed by atoms with Crippen molar-refractivity contribution >= 4 is 34.2 Å². The van der Waals surface area contributed by atoms with Crippen molar-refractivity contribution in [3.63, 3.8) is 0 Å². The molecule has 6 nitrogen and oxygen atoms in total. The molecule has 0 amide bonds. The predicted molar refractivity (Wildman–Crippen MR) is 132 cm³/mol. The van der Waals surface area contributed by atoms with E-state index in [1.54, 1.807) is 18.8 Å². The molecule has 8 heteroatoms. The van der Waals surface area contributed by atoms with Crippen LogP contribution in [0.2, 0.25) is 5.02 Å². The van der Waals surface area contributed by atoms with Crippen LogP contribution in [0.15, 0.2) is 35.1 Å². The van der Waals surface area contributed by atoms with Crippen LogP contribution in [0.3, 0.4) is 0 Å². The number of aromatic nitrogens is 2. The molecule has 5 rings (SSSR count). The summed E-state index contributed by atoms with van der Waals surface area (Å²) >= 11 is 12.2. The Bertz CT molecular complexity index is 1230. The van der Waals surface area contributed by atoms with Gasteiger partial charge in [-0.25, -0.2) is 4.79 Å². The maximum atomic E-state index is 13.3. The van der Waals surface area contributed by atoms with Gasteiger partial charge in [-0.05, 0) is 67.1 Å². The molecule has 1 aliphatic carbocycles. The van der Waals surface area contributed by atoms with Crippen molar-refractivity contribution in [1.29, 1.82) is 0 Å². The molecule has 3 aromatic rings. The topological polar surface area (TPSA) is 48.6 Å². The lowest BCUT2D eigenvalue weighted by molar-refractivity contribution is 0.134. The molecule has 176 valence electrons. The number of halogens is 2. The summed E-state index contributed by atoms with van der Waals surface area (Å²) in [6.45, 7) is 2.38. The molecule has 0 spiro atoms. The molecule has 1 saturated heterocycles. The average Bonchev–Trinajstić information content (AvgIpc) is 3.36. The molecule has 1 aromatic heterocycles. The van der Waals surface area contributed by atoms with Crippen LogP contribution in [-0.2, 0) is 13.0 Å². The Balaban J connectivity index is 1.39. The van der Waals surface area contributed by atoms with Crippen LogP contribution >= 0.6 is 23.2 Å². The normalized spacial score (nSPS) is 19.2. The number of imidazole rings is 1. The zero-order valence-corrected chi connectivity index (χ0v) is 20.5. The Hall–Kier alpha value is -2.15. The number of hydrogen-bond donors (Lipinski definition) is 0. The monoisotopic (exact) mass is 489 g/mol. The fourth-order valence-electron chi connectivity index (χ4n) is 5.65. The first-order chi connectivity index (χ1) is 16.0. The van der Waals surface area contributed by atoms with Crippen molar-refractivity contribution in [2.45, 2.75) is 44.3 Å². The Labute approximate surface area is 203 Å². The van der Waals surface area contributed by atoms with Gasteiger partial charge in [0.2, 0.25) is 0 Å². The lowest BCUT2D eigenvalue weighted by Gasteiger charge is -2.37. The first-order valence-electron chi connectivity index (χ1n) is 11.5. The first-order valence-corrected chi connectivity index (χ1v) is 12.4. The van der Waals surface area contributed by atoms with Gasteiger partial charge in [0.1, 0.15) is 0 Å². The zero-order chi connectivity index (χ0) is 23.1. The number of methoxy groups -OCH3 is 2. The third-order valence-electron chi connectivity index (χ3n) is 7.23. The van der Waals surface area contributed by atoms with Gasteiger partial charge in [0.05, 0.1) is 25.3 Å². The van der Waals surface area contributed by atoms with E-state index in [1.165, 1.54) is 11.1 Å². The number of fused-ring (bicyclic) bond motifs is 2. The molecule has 1 aliphatic heterocycles. The van der Waals surface area contributed by atoms with Crippen LogP contribution in [0.1, 0.15) is 42.5 Å². The van der Waals surface area contributed by atoms with Crippen LogP contribution in [-0.4, -0.2) is 47.2 Å². The highest BCUT2D eigenvalue weighted by Crippen LogP contribution is 2.43. The van der Waals surface area contributed by atoms with E-state index in [0.29, 0.717) is 23.5 Å². The van der Waals surface area contributed by atoms with E-state index in [4.69, 9.17) is 32.7 Å². The summed E-state index contributed by atoms with van der Waals surface area (Å²) in [5.74, 6) is 1.97. The summed E-state index contributed by atoms with van der Waals surface area (Å²) in [5, 5.41) is 0.629. The summed E-state index contributed by atoms with van der Waals surface area (Å²) in [7, 11) is 3.37. The smallest absolute Gasteiger partial charge is 0.329 e. The highest BCUT2D eigenvalue weighted by Gasteiger charge is 2.33. The third kappa shape index (κ3) is 3.92. The van der Waals surface area contributed by atoms with Gasteiger partial charge in [-0.1, -0.05) is 11.6 Å². The number of nitrogens with zero attached hydrogens (tertiary/aromatic N) is 3. The van der Waals surface area contributed by atoms with Crippen molar-refractivity contribution in [2.75, 3.05) is 33.2 Å². The highest BCUT2D eigenvalue weighted by molar-refractivity contribution is 6.31. The second-order valence-corrected chi connectivity index (χ2v) is 9.67. The Morgan fingerprint density at radius 3 is 2.42 bits per heavy atom. The number of benzene rings is 2. The van der Waals surface area contributed by atoms with Gasteiger partial charge in [0, 0.05) is 42.6 Å². The van der Waals surface area contributed by atoms with Gasteiger partial charge >= 0.3 is 5.69 Å². The molecule has 1 fully saturated rings. The molecule has 2 aliphatic rings. The van der Waals surface area contributed by atoms with E-state index in [0.717, 1.165) is 61.3 Å². The lowest BCUT2D eigenvalue weighted by atomic mass is 9.99. The number of likely N-dealkylation sites (tertiary alicyclic amines) is 1. The molecule has 2 heterocycles. The Morgan fingerprint density at radius 1 is 1.00 bits per heavy atom. The van der Waals surface area contributed by atoms with Gasteiger partial charge < -0.3 is 9.47 Å². The molecule has 1 atom stereocenters. The number of rotatable bonds is 6. The standard InChI is InChI=1S/C25H29Cl2N3O3/c1-32-23-13-16-3-5-20(19(16)15-24(23)33-2)28-10-7-18(8-11-28)30-21-6-4-17(27)14-22(21)29(12-9-26)25(30)31/h4,6,13-15,18,20H,3,5,7-12H2,1-2H3. The molecular formula is C25H29Cl2N3O3. The summed E-state index contributed by atoms with van der Waals surface area (Å²) < 4.78 is 14.8. The predicted octanol–water partition coefficient (Wildman–Crippen LogP) is 5.04. The number of alkyl halides is 1. The molecular weight excluding hydrogens is 461 g/mol. The van der Waals surface area contributed by atoms with Crippen molar-refractivity contribution in [3.05, 3.63) is 57.0 Å². The minimum atomic E-state index is 0.00871. The van der Waals surface area contributed by atoms with E-state index in [2.05, 4.69) is 17.0 Å². The Kier molecular flexibility index (Phi) is 6.34. The van der Waals surface area contributed by atoms with E-state index in [9.17, 15) is 4.79 Å². The molecule has 2 aromatic carbocycles. The largest absolute Gasteiger partial charge is 0.493 e. The van der Waals surface area contributed by atoms with Gasteiger partial charge in [0.15, 0.2) is 11.5 Å². The van der Waals surface area contributed by atoms with Crippen molar-refractivity contribution < 1.29 is 9.47 Å². The van der Waals surface area contributed by atoms with Crippen LogP contribution in [0, 0.1) is 0 Å². The molecule has 0 N–H and O–H groups in total. The molecule has 33 heavy (non-hydrogen) atoms.